The van der Waals surface area contributed by atoms with E-state index in [1.807, 2.05) is 0 Å². The van der Waals surface area contributed by atoms with Gasteiger partial charge in [-0.05, 0) is 25.7 Å². The lowest BCUT2D eigenvalue weighted by molar-refractivity contribution is -0.161. The third-order valence-corrected chi connectivity index (χ3v) is 14.8. The molecule has 0 aliphatic heterocycles. The third-order valence-electron chi connectivity index (χ3n) is 12.9. The van der Waals surface area contributed by atoms with Crippen LogP contribution < -0.4 is 0 Å². The SMILES string of the molecule is CCCCCCCCCCCCC(=O)O[C@H](COC(=O)CCCCCCCCCCC)COP(=O)(O)OC[C@@H](O)COP(=O)(O)OC[C@@H](COC(=O)CCCCCCCCCC)OC(=O)CCCCCCCCCC. The van der Waals surface area contributed by atoms with Crippen LogP contribution in [0.1, 0.15) is 278 Å². The van der Waals surface area contributed by atoms with E-state index in [0.717, 1.165) is 103 Å². The Hall–Kier alpha value is -1.94. The van der Waals surface area contributed by atoms with E-state index < -0.39 is 97.5 Å². The second kappa shape index (κ2) is 51.5. The molecule has 19 heteroatoms. The summed E-state index contributed by atoms with van der Waals surface area (Å²) in [5, 5.41) is 10.5. The summed E-state index contributed by atoms with van der Waals surface area (Å²) in [7, 11) is -9.86. The maximum atomic E-state index is 12.9. The summed E-state index contributed by atoms with van der Waals surface area (Å²) in [6, 6.07) is 0. The molecule has 5 atom stereocenters. The summed E-state index contributed by atoms with van der Waals surface area (Å²) < 4.78 is 67.5. The molecule has 0 aromatic heterocycles. The molecular weight excluding hydrogens is 1010 g/mol. The van der Waals surface area contributed by atoms with E-state index in [2.05, 4.69) is 27.7 Å². The highest BCUT2D eigenvalue weighted by molar-refractivity contribution is 7.47. The molecular formula is C56H108O17P2. The van der Waals surface area contributed by atoms with Gasteiger partial charge < -0.3 is 33.8 Å². The van der Waals surface area contributed by atoms with E-state index in [9.17, 15) is 43.2 Å². The number of aliphatic hydroxyl groups is 1. The number of ether oxygens (including phenoxy) is 4. The van der Waals surface area contributed by atoms with Gasteiger partial charge in [0.15, 0.2) is 12.2 Å². The van der Waals surface area contributed by atoms with E-state index in [1.165, 1.54) is 96.3 Å². The topological polar surface area (TPSA) is 237 Å². The largest absolute Gasteiger partial charge is 0.472 e. The van der Waals surface area contributed by atoms with Crippen LogP contribution in [0.15, 0.2) is 0 Å². The fourth-order valence-electron chi connectivity index (χ4n) is 8.22. The predicted molar refractivity (Wildman–Crippen MR) is 294 cm³/mol. The number of esters is 4. The first-order chi connectivity index (χ1) is 36.2. The minimum atomic E-state index is -4.93. The fourth-order valence-corrected chi connectivity index (χ4v) is 9.80. The molecule has 0 aromatic rings. The summed E-state index contributed by atoms with van der Waals surface area (Å²) in [5.41, 5.74) is 0. The quantitative estimate of drug-likeness (QED) is 0.0222. The number of hydrogen-bond acceptors (Lipinski definition) is 15. The van der Waals surface area contributed by atoms with Crippen molar-refractivity contribution in [2.24, 2.45) is 0 Å². The molecule has 2 unspecified atom stereocenters. The van der Waals surface area contributed by atoms with Crippen molar-refractivity contribution in [3.8, 4) is 0 Å². The molecule has 0 fully saturated rings. The van der Waals surface area contributed by atoms with Crippen molar-refractivity contribution >= 4 is 39.5 Å². The highest BCUT2D eigenvalue weighted by Gasteiger charge is 2.30. The van der Waals surface area contributed by atoms with Crippen molar-refractivity contribution in [1.82, 2.24) is 0 Å². The molecule has 3 N–H and O–H groups in total. The van der Waals surface area contributed by atoms with E-state index in [-0.39, 0.29) is 25.7 Å². The minimum Gasteiger partial charge on any atom is -0.462 e. The number of carbonyl (C=O) groups is 4. The van der Waals surface area contributed by atoms with Crippen LogP contribution in [0, 0.1) is 0 Å². The van der Waals surface area contributed by atoms with E-state index in [0.29, 0.717) is 25.7 Å². The van der Waals surface area contributed by atoms with Gasteiger partial charge in [-0.2, -0.15) is 0 Å². The van der Waals surface area contributed by atoms with Gasteiger partial charge in [0, 0.05) is 25.7 Å². The van der Waals surface area contributed by atoms with Crippen LogP contribution in [-0.2, 0) is 65.4 Å². The smallest absolute Gasteiger partial charge is 0.462 e. The van der Waals surface area contributed by atoms with E-state index >= 15 is 0 Å². The molecule has 444 valence electrons. The fraction of sp³-hybridized carbons (Fsp3) is 0.929. The van der Waals surface area contributed by atoms with Crippen LogP contribution in [0.25, 0.3) is 0 Å². The predicted octanol–water partition coefficient (Wildman–Crippen LogP) is 14.8. The average Bonchev–Trinajstić information content (AvgIpc) is 3.38. The summed E-state index contributed by atoms with van der Waals surface area (Å²) in [6.07, 6.45) is 33.5. The molecule has 0 amide bonds. The van der Waals surface area contributed by atoms with Gasteiger partial charge in [0.2, 0.25) is 0 Å². The number of rotatable bonds is 57. The van der Waals surface area contributed by atoms with Crippen molar-refractivity contribution in [2.75, 3.05) is 39.6 Å². The van der Waals surface area contributed by atoms with Crippen molar-refractivity contribution in [2.45, 2.75) is 296 Å². The molecule has 0 aromatic carbocycles. The summed E-state index contributed by atoms with van der Waals surface area (Å²) in [6.45, 7) is 4.75. The summed E-state index contributed by atoms with van der Waals surface area (Å²) >= 11 is 0. The summed E-state index contributed by atoms with van der Waals surface area (Å²) in [4.78, 5) is 71.6. The molecule has 17 nitrogen and oxygen atoms in total. The highest BCUT2D eigenvalue weighted by Crippen LogP contribution is 2.45. The molecule has 75 heavy (non-hydrogen) atoms. The van der Waals surface area contributed by atoms with Crippen molar-refractivity contribution in [3.63, 3.8) is 0 Å². The van der Waals surface area contributed by atoms with E-state index in [1.54, 1.807) is 0 Å². The number of carbonyl (C=O) groups excluding carboxylic acids is 4. The number of phosphoric ester groups is 2. The van der Waals surface area contributed by atoms with Crippen molar-refractivity contribution < 1.29 is 80.2 Å². The lowest BCUT2D eigenvalue weighted by atomic mass is 10.1. The lowest BCUT2D eigenvalue weighted by Crippen LogP contribution is -2.30. The van der Waals surface area contributed by atoms with Gasteiger partial charge in [-0.3, -0.25) is 37.3 Å². The Kier molecular flexibility index (Phi) is 50.2. The zero-order valence-corrected chi connectivity index (χ0v) is 49.3. The highest BCUT2D eigenvalue weighted by atomic mass is 31.2. The van der Waals surface area contributed by atoms with E-state index in [4.69, 9.17) is 37.0 Å². The average molecular weight is 1120 g/mol. The maximum absolute atomic E-state index is 12.9. The summed E-state index contributed by atoms with van der Waals surface area (Å²) in [5.74, 6) is -2.15. The van der Waals surface area contributed by atoms with Gasteiger partial charge in [-0.15, -0.1) is 0 Å². The van der Waals surface area contributed by atoms with Crippen LogP contribution in [0.5, 0.6) is 0 Å². The Balaban J connectivity index is 5.20. The van der Waals surface area contributed by atoms with Gasteiger partial charge >= 0.3 is 39.5 Å². The second-order valence-electron chi connectivity index (χ2n) is 20.3. The molecule has 0 bridgehead atoms. The van der Waals surface area contributed by atoms with Gasteiger partial charge in [-0.1, -0.05) is 227 Å². The Labute approximate surface area is 454 Å². The standard InChI is InChI=1S/C56H108O17P2/c1-5-9-13-17-21-25-27-31-35-39-43-56(61)73-52(47-67-54(59)41-37-33-30-26-22-18-14-10-6-2)49-71-75(64,65)69-45-50(57)44-68-74(62,63)70-48-51(72-55(60)42-38-34-29-24-20-16-12-8-4)46-66-53(58)40-36-32-28-23-19-15-11-7-3/h50-52,57H,5-49H2,1-4H3,(H,62,63)(H,64,65)/t50-,51+,52+/m0/s1. The van der Waals surface area contributed by atoms with Crippen LogP contribution in [-0.4, -0.2) is 96.7 Å². The number of unbranched alkanes of at least 4 members (excludes halogenated alkanes) is 31. The second-order valence-corrected chi connectivity index (χ2v) is 23.2. The molecule has 0 radical (unpaired) electrons. The Morgan fingerprint density at radius 2 is 0.533 bits per heavy atom. The zero-order valence-electron chi connectivity index (χ0n) is 47.5. The van der Waals surface area contributed by atoms with Crippen LogP contribution in [0.3, 0.4) is 0 Å². The normalized spacial score (nSPS) is 14.4. The van der Waals surface area contributed by atoms with Crippen LogP contribution in [0.4, 0.5) is 0 Å². The molecule has 0 aliphatic rings. The first kappa shape index (κ1) is 73.1. The zero-order chi connectivity index (χ0) is 55.5. The van der Waals surface area contributed by atoms with Crippen molar-refractivity contribution in [1.29, 1.82) is 0 Å². The Bertz CT molecular complexity index is 1470. The van der Waals surface area contributed by atoms with Gasteiger partial charge in [0.1, 0.15) is 19.3 Å². The molecule has 0 aliphatic carbocycles. The number of phosphoric acid groups is 2. The molecule has 0 heterocycles. The number of aliphatic hydroxyl groups excluding tert-OH is 1. The van der Waals surface area contributed by atoms with Gasteiger partial charge in [0.05, 0.1) is 26.4 Å². The maximum Gasteiger partial charge on any atom is 0.472 e. The monoisotopic (exact) mass is 1110 g/mol. The number of hydrogen-bond donors (Lipinski definition) is 3. The first-order valence-corrected chi connectivity index (χ1v) is 32.8. The van der Waals surface area contributed by atoms with Crippen LogP contribution >= 0.6 is 15.6 Å². The molecule has 0 spiro atoms. The van der Waals surface area contributed by atoms with Gasteiger partial charge in [-0.25, -0.2) is 9.13 Å². The molecule has 0 saturated heterocycles. The Morgan fingerprint density at radius 3 is 0.787 bits per heavy atom. The van der Waals surface area contributed by atoms with Crippen LogP contribution in [0.2, 0.25) is 0 Å². The Morgan fingerprint density at radius 1 is 0.320 bits per heavy atom. The first-order valence-electron chi connectivity index (χ1n) is 29.8. The molecule has 0 saturated carbocycles. The van der Waals surface area contributed by atoms with Gasteiger partial charge in [0.25, 0.3) is 0 Å². The molecule has 0 rings (SSSR count). The third kappa shape index (κ3) is 51.3. The minimum absolute atomic E-state index is 0.105. The van der Waals surface area contributed by atoms with Crippen molar-refractivity contribution in [3.05, 3.63) is 0 Å². The lowest BCUT2D eigenvalue weighted by Gasteiger charge is -2.21.